The van der Waals surface area contributed by atoms with Crippen LogP contribution in [0, 0.1) is 0 Å². The molecule has 0 heterocycles. The molecule has 0 aliphatic carbocycles. The maximum atomic E-state index is 12.4. The van der Waals surface area contributed by atoms with E-state index in [2.05, 4.69) is 16.0 Å². The van der Waals surface area contributed by atoms with Crippen LogP contribution in [0.3, 0.4) is 0 Å². The highest BCUT2D eigenvalue weighted by Gasteiger charge is 2.12. The van der Waals surface area contributed by atoms with Crippen LogP contribution in [0.2, 0.25) is 0 Å². The second-order valence-corrected chi connectivity index (χ2v) is 6.27. The van der Waals surface area contributed by atoms with Gasteiger partial charge in [0.25, 0.3) is 5.91 Å². The first-order valence-corrected chi connectivity index (χ1v) is 8.45. The summed E-state index contributed by atoms with van der Waals surface area (Å²) in [7, 11) is 0. The summed E-state index contributed by atoms with van der Waals surface area (Å²) in [6.07, 6.45) is 0. The molecular formula is C20H25N3O2. The molecule has 2 amide bonds. The lowest BCUT2D eigenvalue weighted by Gasteiger charge is -2.15. The second-order valence-electron chi connectivity index (χ2n) is 6.27. The molecule has 2 aromatic carbocycles. The first kappa shape index (κ1) is 18.7. The van der Waals surface area contributed by atoms with Crippen molar-refractivity contribution in [2.45, 2.75) is 32.9 Å². The van der Waals surface area contributed by atoms with Crippen molar-refractivity contribution >= 4 is 17.5 Å². The van der Waals surface area contributed by atoms with Crippen LogP contribution in [-0.2, 0) is 4.79 Å². The Morgan fingerprint density at radius 2 is 1.68 bits per heavy atom. The van der Waals surface area contributed by atoms with E-state index in [-0.39, 0.29) is 30.4 Å². The fourth-order valence-corrected chi connectivity index (χ4v) is 2.35. The molecule has 2 rings (SSSR count). The van der Waals surface area contributed by atoms with E-state index < -0.39 is 0 Å². The summed E-state index contributed by atoms with van der Waals surface area (Å²) in [5.41, 5.74) is 2.16. The van der Waals surface area contributed by atoms with Crippen LogP contribution in [-0.4, -0.2) is 24.4 Å². The second kappa shape index (κ2) is 8.99. The summed E-state index contributed by atoms with van der Waals surface area (Å²) in [5, 5.41) is 8.82. The smallest absolute Gasteiger partial charge is 0.251 e. The molecule has 132 valence electrons. The van der Waals surface area contributed by atoms with Crippen molar-refractivity contribution in [3.63, 3.8) is 0 Å². The van der Waals surface area contributed by atoms with E-state index in [4.69, 9.17) is 0 Å². The Labute approximate surface area is 148 Å². The molecule has 1 atom stereocenters. The van der Waals surface area contributed by atoms with Gasteiger partial charge in [0.15, 0.2) is 0 Å². The number of amides is 2. The molecule has 3 N–H and O–H groups in total. The third-order valence-electron chi connectivity index (χ3n) is 3.73. The van der Waals surface area contributed by atoms with Crippen molar-refractivity contribution in [2.24, 2.45) is 0 Å². The summed E-state index contributed by atoms with van der Waals surface area (Å²) < 4.78 is 0. The Morgan fingerprint density at radius 1 is 0.960 bits per heavy atom. The minimum atomic E-state index is -0.173. The minimum absolute atomic E-state index is 0.0952. The van der Waals surface area contributed by atoms with E-state index >= 15 is 0 Å². The lowest BCUT2D eigenvalue weighted by atomic mass is 10.1. The number of carbonyl (C=O) groups excluding carboxylic acids is 2. The first-order valence-electron chi connectivity index (χ1n) is 8.45. The van der Waals surface area contributed by atoms with Gasteiger partial charge in [-0.1, -0.05) is 50.2 Å². The Kier molecular flexibility index (Phi) is 6.71. The number of anilines is 1. The summed E-state index contributed by atoms with van der Waals surface area (Å²) in [6.45, 7) is 6.13. The Morgan fingerprint density at radius 3 is 2.36 bits per heavy atom. The SMILES string of the molecule is CC(C)NCC(=O)Nc1cccc(C(=O)NC(C)c2ccccc2)c1. The average Bonchev–Trinajstić information content (AvgIpc) is 2.61. The van der Waals surface area contributed by atoms with Gasteiger partial charge in [0.2, 0.25) is 5.91 Å². The largest absolute Gasteiger partial charge is 0.346 e. The molecule has 0 aliphatic rings. The number of hydrogen-bond donors (Lipinski definition) is 3. The molecule has 25 heavy (non-hydrogen) atoms. The zero-order valence-corrected chi connectivity index (χ0v) is 14.9. The highest BCUT2D eigenvalue weighted by atomic mass is 16.2. The van der Waals surface area contributed by atoms with Gasteiger partial charge in [-0.2, -0.15) is 0 Å². The number of carbonyl (C=O) groups is 2. The molecule has 0 saturated heterocycles. The lowest BCUT2D eigenvalue weighted by Crippen LogP contribution is -2.32. The zero-order chi connectivity index (χ0) is 18.2. The first-order chi connectivity index (χ1) is 12.0. The van der Waals surface area contributed by atoms with Crippen LogP contribution in [0.4, 0.5) is 5.69 Å². The van der Waals surface area contributed by atoms with Gasteiger partial charge in [-0.05, 0) is 30.7 Å². The lowest BCUT2D eigenvalue weighted by molar-refractivity contribution is -0.115. The fourth-order valence-electron chi connectivity index (χ4n) is 2.35. The number of benzene rings is 2. The van der Waals surface area contributed by atoms with Gasteiger partial charge in [0, 0.05) is 17.3 Å². The molecule has 2 aromatic rings. The van der Waals surface area contributed by atoms with Crippen molar-refractivity contribution < 1.29 is 9.59 Å². The summed E-state index contributed by atoms with van der Waals surface area (Å²) in [6, 6.07) is 16.9. The maximum Gasteiger partial charge on any atom is 0.251 e. The molecule has 0 aromatic heterocycles. The average molecular weight is 339 g/mol. The quantitative estimate of drug-likeness (QED) is 0.726. The standard InChI is InChI=1S/C20H25N3O2/c1-14(2)21-13-19(24)23-18-11-7-10-17(12-18)20(25)22-15(3)16-8-5-4-6-9-16/h4-12,14-15,21H,13H2,1-3H3,(H,22,25)(H,23,24). The Hall–Kier alpha value is -2.66. The molecule has 5 nitrogen and oxygen atoms in total. The van der Waals surface area contributed by atoms with E-state index in [1.807, 2.05) is 51.1 Å². The predicted molar refractivity (Wildman–Crippen MR) is 101 cm³/mol. The van der Waals surface area contributed by atoms with Crippen LogP contribution < -0.4 is 16.0 Å². The molecule has 0 bridgehead atoms. The van der Waals surface area contributed by atoms with Crippen LogP contribution in [0.1, 0.15) is 42.7 Å². The van der Waals surface area contributed by atoms with E-state index in [1.165, 1.54) is 0 Å². The molecule has 1 unspecified atom stereocenters. The third kappa shape index (κ3) is 6.04. The normalized spacial score (nSPS) is 11.8. The number of nitrogens with one attached hydrogen (secondary N) is 3. The van der Waals surface area contributed by atoms with Gasteiger partial charge < -0.3 is 16.0 Å². The van der Waals surface area contributed by atoms with Crippen molar-refractivity contribution in [1.29, 1.82) is 0 Å². The van der Waals surface area contributed by atoms with Gasteiger partial charge in [0.1, 0.15) is 0 Å². The third-order valence-corrected chi connectivity index (χ3v) is 3.73. The molecule has 0 saturated carbocycles. The van der Waals surface area contributed by atoms with Crippen molar-refractivity contribution in [2.75, 3.05) is 11.9 Å². The molecule has 5 heteroatoms. The molecule has 0 spiro atoms. The molecule has 0 fully saturated rings. The monoisotopic (exact) mass is 339 g/mol. The highest BCUT2D eigenvalue weighted by Crippen LogP contribution is 2.14. The fraction of sp³-hybridized carbons (Fsp3) is 0.300. The van der Waals surface area contributed by atoms with Gasteiger partial charge in [0.05, 0.1) is 12.6 Å². The highest BCUT2D eigenvalue weighted by molar-refractivity contribution is 5.97. The van der Waals surface area contributed by atoms with E-state index in [1.54, 1.807) is 24.3 Å². The topological polar surface area (TPSA) is 70.2 Å². The Balaban J connectivity index is 1.98. The zero-order valence-electron chi connectivity index (χ0n) is 14.9. The summed E-state index contributed by atoms with van der Waals surface area (Å²) in [4.78, 5) is 24.3. The van der Waals surface area contributed by atoms with E-state index in [0.29, 0.717) is 11.3 Å². The number of rotatable bonds is 7. The van der Waals surface area contributed by atoms with Crippen molar-refractivity contribution in [3.8, 4) is 0 Å². The number of hydrogen-bond acceptors (Lipinski definition) is 3. The predicted octanol–water partition coefficient (Wildman–Crippen LogP) is 3.11. The van der Waals surface area contributed by atoms with Crippen LogP contribution in [0.5, 0.6) is 0 Å². The van der Waals surface area contributed by atoms with Gasteiger partial charge in [-0.3, -0.25) is 9.59 Å². The maximum absolute atomic E-state index is 12.4. The van der Waals surface area contributed by atoms with Crippen molar-refractivity contribution in [1.82, 2.24) is 10.6 Å². The summed E-state index contributed by atoms with van der Waals surface area (Å²) in [5.74, 6) is -0.309. The summed E-state index contributed by atoms with van der Waals surface area (Å²) >= 11 is 0. The molecular weight excluding hydrogens is 314 g/mol. The Bertz CT molecular complexity index is 714. The van der Waals surface area contributed by atoms with Crippen LogP contribution in [0.15, 0.2) is 54.6 Å². The van der Waals surface area contributed by atoms with Crippen LogP contribution >= 0.6 is 0 Å². The van der Waals surface area contributed by atoms with E-state index in [0.717, 1.165) is 5.56 Å². The minimum Gasteiger partial charge on any atom is -0.346 e. The van der Waals surface area contributed by atoms with Gasteiger partial charge in [-0.15, -0.1) is 0 Å². The van der Waals surface area contributed by atoms with Crippen LogP contribution in [0.25, 0.3) is 0 Å². The van der Waals surface area contributed by atoms with Gasteiger partial charge >= 0.3 is 0 Å². The molecule has 0 radical (unpaired) electrons. The molecule has 0 aliphatic heterocycles. The van der Waals surface area contributed by atoms with Gasteiger partial charge in [-0.25, -0.2) is 0 Å². The van der Waals surface area contributed by atoms with Crippen molar-refractivity contribution in [3.05, 3.63) is 65.7 Å². The van der Waals surface area contributed by atoms with E-state index in [9.17, 15) is 9.59 Å².